The topological polar surface area (TPSA) is 179 Å². The van der Waals surface area contributed by atoms with E-state index in [9.17, 15) is 32.9 Å². The molecule has 30 heavy (non-hydrogen) atoms. The maximum absolute atomic E-state index is 14.4. The van der Waals surface area contributed by atoms with E-state index < -0.39 is 50.3 Å². The average Bonchev–Trinajstić information content (AvgIpc) is 2.90. The van der Waals surface area contributed by atoms with Crippen LogP contribution in [0.1, 0.15) is 16.6 Å². The minimum absolute atomic E-state index is 0.0469. The van der Waals surface area contributed by atoms with Crippen molar-refractivity contribution in [3.8, 4) is 0 Å². The molecule has 12 nitrogen and oxygen atoms in total. The number of hydrogen-bond acceptors (Lipinski definition) is 9. The molecule has 1 fully saturated rings. The molecule has 2 aromatic heterocycles. The van der Waals surface area contributed by atoms with Gasteiger partial charge in [0, 0.05) is 18.6 Å². The smallest absolute Gasteiger partial charge is 0.384 e. The third-order valence-corrected chi connectivity index (χ3v) is 5.05. The molecule has 0 aliphatic carbocycles. The Kier molecular flexibility index (Phi) is 5.97. The first-order valence-electron chi connectivity index (χ1n) is 8.27. The molecule has 5 N–H and O–H groups in total. The summed E-state index contributed by atoms with van der Waals surface area (Å²) >= 11 is 0. The quantitative estimate of drug-likeness (QED) is 0.428. The van der Waals surface area contributed by atoms with E-state index >= 15 is 0 Å². The van der Waals surface area contributed by atoms with Crippen LogP contribution < -0.4 is 16.5 Å². The number of nitrogens with zero attached hydrogens (tertiary/aromatic N) is 3. The number of rotatable bonds is 6. The Morgan fingerprint density at radius 2 is 2.20 bits per heavy atom. The van der Waals surface area contributed by atoms with E-state index in [1.165, 1.54) is 18.3 Å². The first kappa shape index (κ1) is 21.9. The Morgan fingerprint density at radius 3 is 2.83 bits per heavy atom. The number of anilines is 1. The van der Waals surface area contributed by atoms with Crippen LogP contribution >= 0.6 is 7.75 Å². The summed E-state index contributed by atoms with van der Waals surface area (Å²) in [5.41, 5.74) is 4.11. The van der Waals surface area contributed by atoms with Gasteiger partial charge in [0.25, 0.3) is 5.91 Å². The van der Waals surface area contributed by atoms with Gasteiger partial charge in [-0.25, -0.2) is 9.36 Å². The second-order valence-corrected chi connectivity index (χ2v) is 7.71. The number of aliphatic hydroxyl groups is 1. The molecule has 1 saturated heterocycles. The van der Waals surface area contributed by atoms with E-state index in [1.807, 2.05) is 0 Å². The van der Waals surface area contributed by atoms with E-state index in [0.717, 1.165) is 18.5 Å². The predicted molar refractivity (Wildman–Crippen MR) is 95.3 cm³/mol. The number of ether oxygens (including phenoxy) is 1. The molecular weight excluding hydrogens is 431 g/mol. The van der Waals surface area contributed by atoms with Crippen molar-refractivity contribution in [2.75, 3.05) is 12.3 Å². The number of aromatic nitrogens is 3. The molecule has 15 heteroatoms. The summed E-state index contributed by atoms with van der Waals surface area (Å²) in [6.45, 7) is -0.995. The Hall–Kier alpha value is -2.77. The van der Waals surface area contributed by atoms with Crippen molar-refractivity contribution in [2.24, 2.45) is 0 Å². The number of pyridine rings is 1. The Balaban J connectivity index is 1.68. The standard InChI is InChI=1S/C15H16F2N5O7P/c16-15(17)11(23)9(29-13(15)22-5-3-10(18)20-14(22)25)7-28-30(26,27)21-12(24)8-2-1-4-19-6-8/h1-6,9,11,13,23H,7H2,(H2,18,20,25)(H2,21,24,26,27)/t9-,11-,13-/m1/s1. The molecule has 0 saturated carbocycles. The van der Waals surface area contributed by atoms with Gasteiger partial charge in [0.05, 0.1) is 12.2 Å². The lowest BCUT2D eigenvalue weighted by atomic mass is 10.1. The van der Waals surface area contributed by atoms with Crippen LogP contribution in [0.2, 0.25) is 0 Å². The fraction of sp³-hybridized carbons (Fsp3) is 0.333. The van der Waals surface area contributed by atoms with E-state index in [0.29, 0.717) is 4.57 Å². The number of carbonyl (C=O) groups excluding carboxylic acids is 1. The zero-order chi connectivity index (χ0) is 22.1. The summed E-state index contributed by atoms with van der Waals surface area (Å²) in [6, 6.07) is 3.81. The molecule has 3 rings (SSSR count). The molecule has 1 unspecified atom stereocenters. The number of nitrogens with one attached hydrogen (secondary N) is 1. The van der Waals surface area contributed by atoms with Crippen molar-refractivity contribution in [3.05, 3.63) is 52.8 Å². The van der Waals surface area contributed by atoms with Crippen molar-refractivity contribution >= 4 is 19.5 Å². The van der Waals surface area contributed by atoms with Crippen LogP contribution in [0.5, 0.6) is 0 Å². The Bertz CT molecular complexity index is 1040. The fourth-order valence-electron chi connectivity index (χ4n) is 2.61. The van der Waals surface area contributed by atoms with Crippen LogP contribution in [0.25, 0.3) is 0 Å². The molecule has 1 amide bonds. The molecule has 3 heterocycles. The first-order chi connectivity index (χ1) is 14.0. The second-order valence-electron chi connectivity index (χ2n) is 6.19. The van der Waals surface area contributed by atoms with E-state index in [4.69, 9.17) is 10.5 Å². The highest BCUT2D eigenvalue weighted by Gasteiger charge is 2.60. The summed E-state index contributed by atoms with van der Waals surface area (Å²) in [5, 5.41) is 11.6. The highest BCUT2D eigenvalue weighted by molar-refractivity contribution is 7.51. The van der Waals surface area contributed by atoms with Gasteiger partial charge in [0.1, 0.15) is 11.9 Å². The van der Waals surface area contributed by atoms with Crippen LogP contribution in [0.4, 0.5) is 14.6 Å². The summed E-state index contributed by atoms with van der Waals surface area (Å²) in [5.74, 6) is -5.17. The Labute approximate surface area is 166 Å². The van der Waals surface area contributed by atoms with Crippen LogP contribution in [-0.4, -0.2) is 55.2 Å². The number of alkyl halides is 2. The van der Waals surface area contributed by atoms with Gasteiger partial charge in [-0.2, -0.15) is 13.8 Å². The largest absolute Gasteiger partial charge is 0.432 e. The van der Waals surface area contributed by atoms with Crippen LogP contribution in [-0.2, 0) is 13.8 Å². The predicted octanol–water partition coefficient (Wildman–Crippen LogP) is -0.339. The Morgan fingerprint density at radius 1 is 1.47 bits per heavy atom. The number of halogens is 2. The zero-order valence-corrected chi connectivity index (χ0v) is 15.9. The van der Waals surface area contributed by atoms with Crippen molar-refractivity contribution in [3.63, 3.8) is 0 Å². The normalized spacial score (nSPS) is 24.9. The van der Waals surface area contributed by atoms with Crippen molar-refractivity contribution in [1.82, 2.24) is 19.6 Å². The molecule has 0 spiro atoms. The maximum Gasteiger partial charge on any atom is 0.432 e. The van der Waals surface area contributed by atoms with Crippen molar-refractivity contribution in [2.45, 2.75) is 24.4 Å². The van der Waals surface area contributed by atoms with E-state index in [1.54, 1.807) is 5.09 Å². The van der Waals surface area contributed by atoms with E-state index in [2.05, 4.69) is 14.5 Å². The third kappa shape index (κ3) is 4.52. The van der Waals surface area contributed by atoms with E-state index in [-0.39, 0.29) is 11.4 Å². The van der Waals surface area contributed by atoms with Gasteiger partial charge in [-0.1, -0.05) is 0 Å². The van der Waals surface area contributed by atoms with Gasteiger partial charge in [0.15, 0.2) is 6.10 Å². The minimum atomic E-state index is -4.80. The van der Waals surface area contributed by atoms with Crippen LogP contribution in [0, 0.1) is 0 Å². The second kappa shape index (κ2) is 8.16. The summed E-state index contributed by atoms with van der Waals surface area (Å²) in [7, 11) is -4.80. The van der Waals surface area contributed by atoms with Gasteiger partial charge in [-0.15, -0.1) is 0 Å². The number of amides is 1. The van der Waals surface area contributed by atoms with Crippen LogP contribution in [0.3, 0.4) is 0 Å². The van der Waals surface area contributed by atoms with Crippen molar-refractivity contribution in [1.29, 1.82) is 0 Å². The molecular formula is C15H16F2N5O7P. The highest BCUT2D eigenvalue weighted by atomic mass is 31.2. The van der Waals surface area contributed by atoms with Crippen molar-refractivity contribution < 1.29 is 37.4 Å². The molecule has 1 aliphatic heterocycles. The summed E-state index contributed by atoms with van der Waals surface area (Å²) in [6.07, 6.45) is -3.13. The van der Waals surface area contributed by atoms with Gasteiger partial charge in [-0.3, -0.25) is 24.0 Å². The lowest BCUT2D eigenvalue weighted by molar-refractivity contribution is -0.140. The highest BCUT2D eigenvalue weighted by Crippen LogP contribution is 2.44. The van der Waals surface area contributed by atoms with Gasteiger partial charge in [-0.05, 0) is 18.2 Å². The SMILES string of the molecule is Nc1ccn([C@@H]2O[C@H](COP(=O)(O)NC(=O)c3cccnc3)[C@@H](O)C2(F)F)c(=O)n1. The van der Waals surface area contributed by atoms with Gasteiger partial charge in [0.2, 0.25) is 6.23 Å². The number of nitrogen functional groups attached to an aromatic ring is 1. The number of hydrogen-bond donors (Lipinski definition) is 4. The zero-order valence-electron chi connectivity index (χ0n) is 15.0. The lowest BCUT2D eigenvalue weighted by Gasteiger charge is -2.20. The maximum atomic E-state index is 14.4. The average molecular weight is 447 g/mol. The summed E-state index contributed by atoms with van der Waals surface area (Å²) < 4.78 is 50.9. The molecule has 0 radical (unpaired) electrons. The fourth-order valence-corrected chi connectivity index (χ4v) is 3.41. The van der Waals surface area contributed by atoms with Gasteiger partial charge < -0.3 is 20.5 Å². The number of aliphatic hydroxyl groups excluding tert-OH is 1. The lowest BCUT2D eigenvalue weighted by Crippen LogP contribution is -2.42. The minimum Gasteiger partial charge on any atom is -0.384 e. The number of carbonyl (C=O) groups is 1. The van der Waals surface area contributed by atoms with Gasteiger partial charge >= 0.3 is 19.4 Å². The third-order valence-electron chi connectivity index (χ3n) is 4.06. The molecule has 0 bridgehead atoms. The summed E-state index contributed by atoms with van der Waals surface area (Å²) in [4.78, 5) is 40.4. The van der Waals surface area contributed by atoms with Crippen LogP contribution in [0.15, 0.2) is 41.6 Å². The molecule has 0 aromatic carbocycles. The first-order valence-corrected chi connectivity index (χ1v) is 9.85. The molecule has 1 aliphatic rings. The molecule has 162 valence electrons. The molecule has 2 aromatic rings. The number of nitrogens with two attached hydrogens (primary N) is 1. The monoisotopic (exact) mass is 447 g/mol. The molecule has 4 atom stereocenters.